The summed E-state index contributed by atoms with van der Waals surface area (Å²) in [6.45, 7) is 9.46. The molecule has 0 aliphatic carbocycles. The Hall–Kier alpha value is -2.89. The fourth-order valence-corrected chi connectivity index (χ4v) is 4.39. The normalized spacial score (nSPS) is 16.6. The maximum Gasteiger partial charge on any atom is 0.276 e. The number of hydrogen-bond acceptors (Lipinski definition) is 4. The molecule has 6 nitrogen and oxygen atoms in total. The van der Waals surface area contributed by atoms with Gasteiger partial charge >= 0.3 is 0 Å². The second-order valence-corrected chi connectivity index (χ2v) is 8.38. The summed E-state index contributed by atoms with van der Waals surface area (Å²) in [6, 6.07) is 6.06. The molecule has 0 spiro atoms. The molecule has 0 bridgehead atoms. The first-order chi connectivity index (χ1) is 15.0. The molecule has 0 unspecified atom stereocenters. The number of aryl methyl sites for hydroxylation is 3. The van der Waals surface area contributed by atoms with Crippen LogP contribution in [0.3, 0.4) is 0 Å². The summed E-state index contributed by atoms with van der Waals surface area (Å²) in [5, 5.41) is 0. The molecule has 0 saturated carbocycles. The van der Waals surface area contributed by atoms with Gasteiger partial charge in [0.25, 0.3) is 5.91 Å². The largest absolute Gasteiger partial charge is 0.491 e. The van der Waals surface area contributed by atoms with Crippen LogP contribution >= 0.6 is 0 Å². The maximum atomic E-state index is 13.6. The van der Waals surface area contributed by atoms with Crippen LogP contribution < -0.4 is 4.74 Å². The zero-order valence-electron chi connectivity index (χ0n) is 19.0. The number of pyridine rings is 2. The van der Waals surface area contributed by atoms with Crippen molar-refractivity contribution in [3.05, 3.63) is 58.8 Å². The van der Waals surface area contributed by atoms with Crippen LogP contribution in [0.1, 0.15) is 66.1 Å². The van der Waals surface area contributed by atoms with Gasteiger partial charge in [-0.05, 0) is 75.8 Å². The molecule has 1 saturated heterocycles. The standard InChI is InChI=1S/C25H32N4O2/c1-5-19-10-11-22(31-6-2)23(26-19)25(30)29-13-8-7-9-21(29)15-20-16-28-14-12-17(3)18(4)24(28)27-20/h10-12,14,16,21H,5-9,13,15H2,1-4H3/t21-/m0/s1. The third-order valence-electron chi connectivity index (χ3n) is 6.31. The fraction of sp³-hybridized carbons (Fsp3) is 0.480. The fourth-order valence-electron chi connectivity index (χ4n) is 4.39. The van der Waals surface area contributed by atoms with Gasteiger partial charge in [-0.1, -0.05) is 6.92 Å². The molecule has 3 aromatic heterocycles. The van der Waals surface area contributed by atoms with E-state index in [0.29, 0.717) is 18.1 Å². The topological polar surface area (TPSA) is 59.7 Å². The zero-order chi connectivity index (χ0) is 22.0. The molecule has 0 aromatic carbocycles. The number of hydrogen-bond donors (Lipinski definition) is 0. The van der Waals surface area contributed by atoms with Gasteiger partial charge in [-0.15, -0.1) is 0 Å². The number of imidazole rings is 1. The summed E-state index contributed by atoms with van der Waals surface area (Å²) in [5.41, 5.74) is 5.82. The number of fused-ring (bicyclic) bond motifs is 1. The van der Waals surface area contributed by atoms with Crippen LogP contribution in [0.25, 0.3) is 5.65 Å². The molecule has 31 heavy (non-hydrogen) atoms. The Morgan fingerprint density at radius 1 is 1.13 bits per heavy atom. The van der Waals surface area contributed by atoms with E-state index >= 15 is 0 Å². The van der Waals surface area contributed by atoms with Gasteiger partial charge in [-0.25, -0.2) is 9.97 Å². The van der Waals surface area contributed by atoms with E-state index in [1.165, 1.54) is 11.1 Å². The van der Waals surface area contributed by atoms with Crippen molar-refractivity contribution in [2.24, 2.45) is 0 Å². The van der Waals surface area contributed by atoms with E-state index in [4.69, 9.17) is 9.72 Å². The first-order valence-corrected chi connectivity index (χ1v) is 11.4. The average molecular weight is 421 g/mol. The molecule has 1 amide bonds. The predicted octanol–water partition coefficient (Wildman–Crippen LogP) is 4.54. The molecule has 3 aromatic rings. The molecule has 0 radical (unpaired) electrons. The van der Waals surface area contributed by atoms with E-state index in [9.17, 15) is 4.79 Å². The Labute approximate surface area is 184 Å². The van der Waals surface area contributed by atoms with Crippen molar-refractivity contribution in [1.29, 1.82) is 0 Å². The van der Waals surface area contributed by atoms with Gasteiger partial charge in [0.05, 0.1) is 12.3 Å². The molecule has 6 heteroatoms. The number of aromatic nitrogens is 3. The zero-order valence-corrected chi connectivity index (χ0v) is 19.0. The molecule has 1 fully saturated rings. The van der Waals surface area contributed by atoms with Crippen molar-refractivity contribution in [3.63, 3.8) is 0 Å². The van der Waals surface area contributed by atoms with Gasteiger partial charge in [0.15, 0.2) is 11.4 Å². The van der Waals surface area contributed by atoms with Crippen molar-refractivity contribution in [2.45, 2.75) is 65.8 Å². The molecular formula is C25H32N4O2. The highest BCUT2D eigenvalue weighted by atomic mass is 16.5. The van der Waals surface area contributed by atoms with Gasteiger partial charge in [0.2, 0.25) is 0 Å². The number of amides is 1. The maximum absolute atomic E-state index is 13.6. The SMILES string of the molecule is CCOc1ccc(CC)nc1C(=O)N1CCCC[C@H]1Cc1cn2ccc(C)c(C)c2n1. The number of ether oxygens (including phenoxy) is 1. The molecule has 1 aliphatic rings. The van der Waals surface area contributed by atoms with Gasteiger partial charge < -0.3 is 14.0 Å². The Bertz CT molecular complexity index is 1090. The van der Waals surface area contributed by atoms with Gasteiger partial charge in [-0.2, -0.15) is 0 Å². The third-order valence-corrected chi connectivity index (χ3v) is 6.31. The van der Waals surface area contributed by atoms with Crippen LogP contribution in [0.5, 0.6) is 5.75 Å². The molecule has 0 N–H and O–H groups in total. The second-order valence-electron chi connectivity index (χ2n) is 8.38. The lowest BCUT2D eigenvalue weighted by Gasteiger charge is -2.35. The summed E-state index contributed by atoms with van der Waals surface area (Å²) >= 11 is 0. The van der Waals surface area contributed by atoms with Crippen molar-refractivity contribution < 1.29 is 9.53 Å². The van der Waals surface area contributed by atoms with E-state index in [-0.39, 0.29) is 11.9 Å². The van der Waals surface area contributed by atoms with Crippen LogP contribution in [0, 0.1) is 13.8 Å². The Morgan fingerprint density at radius 3 is 2.74 bits per heavy atom. The monoisotopic (exact) mass is 420 g/mol. The number of piperidine rings is 1. The quantitative estimate of drug-likeness (QED) is 0.587. The number of carbonyl (C=O) groups is 1. The number of nitrogens with zero attached hydrogens (tertiary/aromatic N) is 4. The van der Waals surface area contributed by atoms with E-state index in [1.807, 2.05) is 30.9 Å². The first-order valence-electron chi connectivity index (χ1n) is 11.4. The minimum absolute atomic E-state index is 0.0285. The molecular weight excluding hydrogens is 388 g/mol. The van der Waals surface area contributed by atoms with Crippen molar-refractivity contribution in [2.75, 3.05) is 13.2 Å². The number of rotatable bonds is 6. The molecule has 1 atom stereocenters. The van der Waals surface area contributed by atoms with Gasteiger partial charge in [0.1, 0.15) is 5.65 Å². The Morgan fingerprint density at radius 2 is 1.97 bits per heavy atom. The summed E-state index contributed by atoms with van der Waals surface area (Å²) < 4.78 is 7.83. The lowest BCUT2D eigenvalue weighted by molar-refractivity contribution is 0.0601. The van der Waals surface area contributed by atoms with Crippen molar-refractivity contribution in [3.8, 4) is 5.75 Å². The molecule has 1 aliphatic heterocycles. The molecule has 164 valence electrons. The smallest absolute Gasteiger partial charge is 0.276 e. The summed E-state index contributed by atoms with van der Waals surface area (Å²) in [7, 11) is 0. The van der Waals surface area contributed by atoms with Crippen molar-refractivity contribution in [1.82, 2.24) is 19.3 Å². The van der Waals surface area contributed by atoms with E-state index in [1.54, 1.807) is 0 Å². The summed E-state index contributed by atoms with van der Waals surface area (Å²) in [6.07, 6.45) is 8.82. The summed E-state index contributed by atoms with van der Waals surface area (Å²) in [4.78, 5) is 25.1. The minimum Gasteiger partial charge on any atom is -0.491 e. The third kappa shape index (κ3) is 4.29. The minimum atomic E-state index is -0.0285. The molecule has 4 rings (SSSR count). The number of likely N-dealkylation sites (tertiary alicyclic amines) is 1. The molecule has 4 heterocycles. The van der Waals surface area contributed by atoms with E-state index in [0.717, 1.165) is 55.7 Å². The highest BCUT2D eigenvalue weighted by Crippen LogP contribution is 2.26. The van der Waals surface area contributed by atoms with Crippen LogP contribution in [-0.2, 0) is 12.8 Å². The van der Waals surface area contributed by atoms with Crippen LogP contribution in [0.4, 0.5) is 0 Å². The second kappa shape index (κ2) is 9.08. The Balaban J connectivity index is 1.62. The van der Waals surface area contributed by atoms with Crippen LogP contribution in [0.15, 0.2) is 30.6 Å². The highest BCUT2D eigenvalue weighted by Gasteiger charge is 2.31. The summed E-state index contributed by atoms with van der Waals surface area (Å²) in [5.74, 6) is 0.548. The van der Waals surface area contributed by atoms with Crippen LogP contribution in [0.2, 0.25) is 0 Å². The van der Waals surface area contributed by atoms with E-state index in [2.05, 4.69) is 41.7 Å². The van der Waals surface area contributed by atoms with Gasteiger partial charge in [-0.3, -0.25) is 4.79 Å². The lowest BCUT2D eigenvalue weighted by atomic mass is 9.97. The number of carbonyl (C=O) groups excluding carboxylic acids is 1. The van der Waals surface area contributed by atoms with Crippen molar-refractivity contribution >= 4 is 11.6 Å². The Kier molecular flexibility index (Phi) is 6.25. The van der Waals surface area contributed by atoms with E-state index < -0.39 is 0 Å². The first kappa shape index (κ1) is 21.3. The van der Waals surface area contributed by atoms with Crippen LogP contribution in [-0.4, -0.2) is 44.4 Å². The average Bonchev–Trinajstić information content (AvgIpc) is 3.20. The van der Waals surface area contributed by atoms with Gasteiger partial charge in [0, 0.05) is 37.1 Å². The lowest BCUT2D eigenvalue weighted by Crippen LogP contribution is -2.45. The predicted molar refractivity (Wildman–Crippen MR) is 122 cm³/mol. The highest BCUT2D eigenvalue weighted by molar-refractivity contribution is 5.95.